The van der Waals surface area contributed by atoms with E-state index >= 15 is 0 Å². The lowest BCUT2D eigenvalue weighted by Crippen LogP contribution is -2.32. The molecule has 1 aliphatic rings. The van der Waals surface area contributed by atoms with Crippen LogP contribution >= 0.6 is 15.9 Å². The molecule has 4 rings (SSSR count). The van der Waals surface area contributed by atoms with E-state index in [1.807, 2.05) is 66.7 Å². The van der Waals surface area contributed by atoms with E-state index in [-0.39, 0.29) is 24.2 Å². The lowest BCUT2D eigenvalue weighted by Gasteiger charge is -2.17. The van der Waals surface area contributed by atoms with Gasteiger partial charge in [-0.1, -0.05) is 52.3 Å². The molecule has 7 heteroatoms. The molecule has 31 heavy (non-hydrogen) atoms. The van der Waals surface area contributed by atoms with Crippen LogP contribution in [0.4, 0.5) is 5.69 Å². The third-order valence-electron chi connectivity index (χ3n) is 5.11. The van der Waals surface area contributed by atoms with Gasteiger partial charge < -0.3 is 15.0 Å². The number of ether oxygens (including phenoxy) is 1. The number of carbonyl (C=O) groups is 2. The van der Waals surface area contributed by atoms with Crippen molar-refractivity contribution in [3.8, 4) is 5.88 Å². The maximum absolute atomic E-state index is 12.7. The minimum absolute atomic E-state index is 0.0428. The minimum Gasteiger partial charge on any atom is -0.473 e. The summed E-state index contributed by atoms with van der Waals surface area (Å²) >= 11 is 3.42. The second-order valence-electron chi connectivity index (χ2n) is 7.38. The van der Waals surface area contributed by atoms with Crippen LogP contribution < -0.4 is 15.0 Å². The van der Waals surface area contributed by atoms with Crippen LogP contribution in [0, 0.1) is 5.92 Å². The Bertz CT molecular complexity index is 1070. The van der Waals surface area contributed by atoms with Gasteiger partial charge in [0.25, 0.3) is 0 Å². The number of hydrogen-bond donors (Lipinski definition) is 1. The number of hydrogen-bond acceptors (Lipinski definition) is 4. The molecule has 2 heterocycles. The third-order valence-corrected chi connectivity index (χ3v) is 5.60. The van der Waals surface area contributed by atoms with Gasteiger partial charge in [0.2, 0.25) is 17.7 Å². The predicted molar refractivity (Wildman–Crippen MR) is 121 cm³/mol. The van der Waals surface area contributed by atoms with Gasteiger partial charge >= 0.3 is 0 Å². The molecule has 1 atom stereocenters. The van der Waals surface area contributed by atoms with Crippen molar-refractivity contribution in [2.24, 2.45) is 5.92 Å². The van der Waals surface area contributed by atoms with Crippen LogP contribution in [0.2, 0.25) is 0 Å². The fourth-order valence-electron chi connectivity index (χ4n) is 3.48. The molecule has 1 saturated heterocycles. The smallest absolute Gasteiger partial charge is 0.227 e. The zero-order chi connectivity index (χ0) is 21.6. The average Bonchev–Trinajstić information content (AvgIpc) is 3.19. The summed E-state index contributed by atoms with van der Waals surface area (Å²) in [7, 11) is 0. The lowest BCUT2D eigenvalue weighted by molar-refractivity contribution is -0.126. The molecular weight excluding hydrogens is 458 g/mol. The molecule has 1 N–H and O–H groups in total. The molecule has 0 aliphatic carbocycles. The Morgan fingerprint density at radius 1 is 1.10 bits per heavy atom. The van der Waals surface area contributed by atoms with Crippen LogP contribution in [0.15, 0.2) is 77.4 Å². The van der Waals surface area contributed by atoms with Crippen LogP contribution in [-0.2, 0) is 22.7 Å². The molecule has 1 aliphatic heterocycles. The molecule has 1 aromatic heterocycles. The van der Waals surface area contributed by atoms with Crippen LogP contribution in [0.5, 0.6) is 5.88 Å². The highest BCUT2D eigenvalue weighted by atomic mass is 79.9. The van der Waals surface area contributed by atoms with E-state index in [1.54, 1.807) is 11.1 Å². The van der Waals surface area contributed by atoms with Crippen molar-refractivity contribution in [3.63, 3.8) is 0 Å². The van der Waals surface area contributed by atoms with E-state index in [0.717, 1.165) is 21.3 Å². The molecule has 158 valence electrons. The molecule has 0 spiro atoms. The number of halogens is 1. The highest BCUT2D eigenvalue weighted by Crippen LogP contribution is 2.27. The number of carbonyl (C=O) groups excluding carboxylic acids is 2. The number of amides is 2. The SMILES string of the molecule is O=C(NCc1ccnc(OCc2ccccc2)c1)C1CC(=O)N(c2cccc(Br)c2)C1. The Morgan fingerprint density at radius 3 is 2.74 bits per heavy atom. The van der Waals surface area contributed by atoms with Crippen LogP contribution in [0.1, 0.15) is 17.5 Å². The summed E-state index contributed by atoms with van der Waals surface area (Å²) in [5.74, 6) is -0.0391. The summed E-state index contributed by atoms with van der Waals surface area (Å²) in [4.78, 5) is 31.0. The van der Waals surface area contributed by atoms with E-state index in [2.05, 4.69) is 26.2 Å². The van der Waals surface area contributed by atoms with Gasteiger partial charge in [0, 0.05) is 41.9 Å². The molecule has 0 saturated carbocycles. The van der Waals surface area contributed by atoms with Gasteiger partial charge in [0.1, 0.15) is 6.61 Å². The van der Waals surface area contributed by atoms with Crippen molar-refractivity contribution in [1.82, 2.24) is 10.3 Å². The maximum Gasteiger partial charge on any atom is 0.227 e. The Balaban J connectivity index is 1.31. The number of anilines is 1. The van der Waals surface area contributed by atoms with Crippen molar-refractivity contribution >= 4 is 33.4 Å². The minimum atomic E-state index is -0.373. The Hall–Kier alpha value is -3.19. The summed E-state index contributed by atoms with van der Waals surface area (Å²) in [6, 6.07) is 21.0. The van der Waals surface area contributed by atoms with Gasteiger partial charge in [-0.15, -0.1) is 0 Å². The molecule has 0 radical (unpaired) electrons. The van der Waals surface area contributed by atoms with Crippen molar-refractivity contribution in [2.75, 3.05) is 11.4 Å². The van der Waals surface area contributed by atoms with Crippen molar-refractivity contribution in [2.45, 2.75) is 19.6 Å². The Morgan fingerprint density at radius 2 is 1.94 bits per heavy atom. The van der Waals surface area contributed by atoms with E-state index < -0.39 is 0 Å². The molecule has 6 nitrogen and oxygen atoms in total. The van der Waals surface area contributed by atoms with Gasteiger partial charge in [-0.2, -0.15) is 0 Å². The summed E-state index contributed by atoms with van der Waals surface area (Å²) in [6.45, 7) is 1.16. The normalized spacial score (nSPS) is 15.7. The van der Waals surface area contributed by atoms with E-state index in [1.165, 1.54) is 0 Å². The van der Waals surface area contributed by atoms with Crippen molar-refractivity contribution in [3.05, 3.63) is 88.5 Å². The Labute approximate surface area is 189 Å². The highest BCUT2D eigenvalue weighted by Gasteiger charge is 2.35. The molecule has 2 amide bonds. The zero-order valence-corrected chi connectivity index (χ0v) is 18.4. The third kappa shape index (κ3) is 5.49. The largest absolute Gasteiger partial charge is 0.473 e. The molecule has 2 aromatic carbocycles. The number of benzene rings is 2. The second-order valence-corrected chi connectivity index (χ2v) is 8.30. The molecule has 3 aromatic rings. The average molecular weight is 480 g/mol. The number of nitrogens with one attached hydrogen (secondary N) is 1. The van der Waals surface area contributed by atoms with E-state index in [9.17, 15) is 9.59 Å². The summed E-state index contributed by atoms with van der Waals surface area (Å²) in [6.07, 6.45) is 1.87. The number of aromatic nitrogens is 1. The number of rotatable bonds is 7. The first-order chi connectivity index (χ1) is 15.1. The van der Waals surface area contributed by atoms with E-state index in [4.69, 9.17) is 4.74 Å². The van der Waals surface area contributed by atoms with Crippen LogP contribution in [-0.4, -0.2) is 23.3 Å². The zero-order valence-electron chi connectivity index (χ0n) is 16.8. The van der Waals surface area contributed by atoms with Crippen molar-refractivity contribution in [1.29, 1.82) is 0 Å². The first-order valence-corrected chi connectivity index (χ1v) is 10.8. The predicted octanol–water partition coefficient (Wildman–Crippen LogP) is 4.09. The lowest BCUT2D eigenvalue weighted by atomic mass is 10.1. The fourth-order valence-corrected chi connectivity index (χ4v) is 3.87. The first-order valence-electron chi connectivity index (χ1n) is 10.0. The Kier molecular flexibility index (Phi) is 6.62. The van der Waals surface area contributed by atoms with Gasteiger partial charge in [0.15, 0.2) is 0 Å². The highest BCUT2D eigenvalue weighted by molar-refractivity contribution is 9.10. The molecule has 1 fully saturated rings. The van der Waals surface area contributed by atoms with Gasteiger partial charge in [-0.25, -0.2) is 4.98 Å². The summed E-state index contributed by atoms with van der Waals surface area (Å²) in [5.41, 5.74) is 2.74. The van der Waals surface area contributed by atoms with Crippen molar-refractivity contribution < 1.29 is 14.3 Å². The fraction of sp³-hybridized carbons (Fsp3) is 0.208. The summed E-state index contributed by atoms with van der Waals surface area (Å²) in [5, 5.41) is 2.94. The van der Waals surface area contributed by atoms with Crippen LogP contribution in [0.25, 0.3) is 0 Å². The monoisotopic (exact) mass is 479 g/mol. The summed E-state index contributed by atoms with van der Waals surface area (Å²) < 4.78 is 6.64. The maximum atomic E-state index is 12.7. The molecular formula is C24H22BrN3O3. The standard InChI is InChI=1S/C24H22BrN3O3/c25-20-7-4-8-21(13-20)28-15-19(12-23(28)29)24(30)27-14-18-9-10-26-22(11-18)31-16-17-5-2-1-3-6-17/h1-11,13,19H,12,14-16H2,(H,27,30). The topological polar surface area (TPSA) is 71.5 Å². The number of nitrogens with zero attached hydrogens (tertiary/aromatic N) is 2. The second kappa shape index (κ2) is 9.75. The quantitative estimate of drug-likeness (QED) is 0.553. The van der Waals surface area contributed by atoms with Gasteiger partial charge in [0.05, 0.1) is 5.92 Å². The van der Waals surface area contributed by atoms with Gasteiger partial charge in [-0.05, 0) is 35.4 Å². The molecule has 0 bridgehead atoms. The number of pyridine rings is 1. The molecule has 1 unspecified atom stereocenters. The van der Waals surface area contributed by atoms with E-state index in [0.29, 0.717) is 25.6 Å². The van der Waals surface area contributed by atoms with Gasteiger partial charge in [-0.3, -0.25) is 9.59 Å². The first kappa shape index (κ1) is 21.1. The van der Waals surface area contributed by atoms with Crippen LogP contribution in [0.3, 0.4) is 0 Å².